The van der Waals surface area contributed by atoms with Crippen molar-refractivity contribution >= 4 is 5.94 Å². The van der Waals surface area contributed by atoms with Crippen LogP contribution in [0.15, 0.2) is 17.7 Å². The zero-order chi connectivity index (χ0) is 24.0. The van der Waals surface area contributed by atoms with Crippen LogP contribution in [0, 0.1) is 52.3 Å². The van der Waals surface area contributed by atoms with Gasteiger partial charge in [0.05, 0.1) is 5.60 Å². The molecule has 0 radical (unpaired) electrons. The summed E-state index contributed by atoms with van der Waals surface area (Å²) in [4.78, 5) is 11.0. The molecule has 0 spiro atoms. The molecule has 9 atom stereocenters. The fraction of sp³-hybridized carbons (Fsp3) is 0.871. The summed E-state index contributed by atoms with van der Waals surface area (Å²) >= 11 is 0. The van der Waals surface area contributed by atoms with E-state index >= 15 is 0 Å². The van der Waals surface area contributed by atoms with E-state index in [-0.39, 0.29) is 0 Å². The van der Waals surface area contributed by atoms with Crippen molar-refractivity contribution < 1.29 is 9.90 Å². The van der Waals surface area contributed by atoms with Crippen LogP contribution in [0.25, 0.3) is 0 Å². The molecule has 3 fully saturated rings. The predicted octanol–water partition coefficient (Wildman–Crippen LogP) is 7.78. The van der Waals surface area contributed by atoms with Crippen molar-refractivity contribution in [2.45, 2.75) is 118 Å². The lowest BCUT2D eigenvalue weighted by molar-refractivity contribution is -0.0755. The van der Waals surface area contributed by atoms with E-state index in [1.165, 1.54) is 44.9 Å². The molecule has 0 bridgehead atoms. The van der Waals surface area contributed by atoms with Gasteiger partial charge in [0, 0.05) is 6.08 Å². The van der Waals surface area contributed by atoms with Crippen LogP contribution in [0.2, 0.25) is 0 Å². The highest BCUT2D eigenvalue weighted by atomic mass is 16.3. The van der Waals surface area contributed by atoms with Crippen LogP contribution in [0.5, 0.6) is 0 Å². The molecule has 2 heteroatoms. The first-order valence-corrected chi connectivity index (χ1v) is 14.2. The van der Waals surface area contributed by atoms with Crippen molar-refractivity contribution in [2.75, 3.05) is 0 Å². The summed E-state index contributed by atoms with van der Waals surface area (Å²) in [5.74, 6) is 7.03. The minimum absolute atomic E-state index is 0.320. The summed E-state index contributed by atoms with van der Waals surface area (Å²) < 4.78 is 0. The molecule has 0 saturated heterocycles. The Balaban J connectivity index is 1.48. The lowest BCUT2D eigenvalue weighted by Crippen LogP contribution is -2.52. The van der Waals surface area contributed by atoms with Gasteiger partial charge in [0.2, 0.25) is 0 Å². The van der Waals surface area contributed by atoms with E-state index in [1.54, 1.807) is 11.6 Å². The Bertz CT molecular complexity index is 791. The van der Waals surface area contributed by atoms with Gasteiger partial charge in [-0.15, -0.1) is 0 Å². The molecule has 0 aromatic carbocycles. The topological polar surface area (TPSA) is 37.3 Å². The van der Waals surface area contributed by atoms with Gasteiger partial charge in [-0.25, -0.2) is 4.79 Å². The quantitative estimate of drug-likeness (QED) is 0.315. The normalized spacial score (nSPS) is 44.2. The lowest BCUT2D eigenvalue weighted by Gasteiger charge is -2.59. The minimum atomic E-state index is -0.456. The molecule has 186 valence electrons. The molecule has 4 aliphatic carbocycles. The third-order valence-electron chi connectivity index (χ3n) is 11.8. The number of fused-ring (bicyclic) bond motifs is 5. The highest BCUT2D eigenvalue weighted by molar-refractivity contribution is 5.45. The lowest BCUT2D eigenvalue weighted by atomic mass is 9.46. The Kier molecular flexibility index (Phi) is 7.12. The average Bonchev–Trinajstić information content (AvgIpc) is 3.14. The third-order valence-corrected chi connectivity index (χ3v) is 11.8. The van der Waals surface area contributed by atoms with E-state index in [4.69, 9.17) is 0 Å². The minimum Gasteiger partial charge on any atom is -0.390 e. The van der Waals surface area contributed by atoms with E-state index in [0.717, 1.165) is 55.3 Å². The summed E-state index contributed by atoms with van der Waals surface area (Å²) in [7, 11) is 0. The Hall–Kier alpha value is -0.850. The number of hydrogen-bond acceptors (Lipinski definition) is 2. The van der Waals surface area contributed by atoms with Crippen LogP contribution in [-0.4, -0.2) is 16.6 Å². The van der Waals surface area contributed by atoms with Crippen molar-refractivity contribution in [1.29, 1.82) is 0 Å². The maximum atomic E-state index is 11.0. The van der Waals surface area contributed by atoms with Crippen molar-refractivity contribution in [1.82, 2.24) is 0 Å². The van der Waals surface area contributed by atoms with Crippen molar-refractivity contribution in [3.63, 3.8) is 0 Å². The molecule has 4 rings (SSSR count). The van der Waals surface area contributed by atoms with E-state index in [2.05, 4.69) is 53.6 Å². The standard InChI is InChI=1S/C31H50O2/c1-7-31(33)18-17-29(5)24(20-31)10-11-25-27-13-12-26(30(27,6)16-14-28(25)29)22(4)8-9-23(15-19-32)21(2)3/h10,15,21-23,25-28,33H,7-9,11-14,16-18,20H2,1-6H3/t22-,23?,25+,26-,27+,28+,29+,30-,31+/m1/s1. The second kappa shape index (κ2) is 9.31. The van der Waals surface area contributed by atoms with E-state index in [0.29, 0.717) is 22.7 Å². The van der Waals surface area contributed by atoms with Crippen LogP contribution in [0.3, 0.4) is 0 Å². The number of allylic oxidation sites excluding steroid dienone is 2. The molecule has 2 nitrogen and oxygen atoms in total. The summed E-state index contributed by atoms with van der Waals surface area (Å²) in [6, 6.07) is 0. The second-order valence-corrected chi connectivity index (χ2v) is 13.5. The molecule has 0 aliphatic heterocycles. The number of rotatable bonds is 7. The maximum absolute atomic E-state index is 11.0. The molecule has 1 unspecified atom stereocenters. The van der Waals surface area contributed by atoms with Gasteiger partial charge >= 0.3 is 0 Å². The molecule has 0 heterocycles. The van der Waals surface area contributed by atoms with Gasteiger partial charge in [-0.1, -0.05) is 53.2 Å². The highest BCUT2D eigenvalue weighted by Crippen LogP contribution is 2.67. The van der Waals surface area contributed by atoms with E-state index in [9.17, 15) is 9.90 Å². The van der Waals surface area contributed by atoms with Gasteiger partial charge in [0.15, 0.2) is 0 Å². The first-order valence-electron chi connectivity index (χ1n) is 14.2. The number of hydrogen-bond donors (Lipinski definition) is 1. The SMILES string of the molecule is CC[C@]1(O)CC[C@@]2(C)C(=CC[C@H]3[C@@H]4CC[C@H]([C@H](C)CCC(C=C=O)C(C)C)[C@@]4(C)CC[C@@H]32)C1. The first kappa shape index (κ1) is 25.2. The van der Waals surface area contributed by atoms with Gasteiger partial charge in [-0.2, -0.15) is 0 Å². The van der Waals surface area contributed by atoms with Crippen molar-refractivity contribution in [3.05, 3.63) is 17.7 Å². The third kappa shape index (κ3) is 4.33. The average molecular weight is 455 g/mol. The molecular weight excluding hydrogens is 404 g/mol. The van der Waals surface area contributed by atoms with Gasteiger partial charge in [0.25, 0.3) is 0 Å². The van der Waals surface area contributed by atoms with Crippen LogP contribution in [0.1, 0.15) is 112 Å². The van der Waals surface area contributed by atoms with Crippen LogP contribution < -0.4 is 0 Å². The molecule has 0 aromatic rings. The van der Waals surface area contributed by atoms with Crippen LogP contribution in [-0.2, 0) is 4.79 Å². The number of aliphatic hydroxyl groups is 1. The smallest absolute Gasteiger partial charge is 0.120 e. The Labute approximate surface area is 203 Å². The summed E-state index contributed by atoms with van der Waals surface area (Å²) in [6.07, 6.45) is 17.5. The Morgan fingerprint density at radius 2 is 1.85 bits per heavy atom. The van der Waals surface area contributed by atoms with E-state index < -0.39 is 5.60 Å². The summed E-state index contributed by atoms with van der Waals surface area (Å²) in [6.45, 7) is 14.3. The fourth-order valence-corrected chi connectivity index (χ4v) is 9.34. The van der Waals surface area contributed by atoms with Crippen LogP contribution in [0.4, 0.5) is 0 Å². The van der Waals surface area contributed by atoms with Crippen molar-refractivity contribution in [3.8, 4) is 0 Å². The maximum Gasteiger partial charge on any atom is 0.120 e. The molecule has 0 amide bonds. The fourth-order valence-electron chi connectivity index (χ4n) is 9.34. The number of carbonyl (C=O) groups excluding carboxylic acids is 1. The Morgan fingerprint density at radius 1 is 1.09 bits per heavy atom. The molecule has 0 aromatic heterocycles. The Morgan fingerprint density at radius 3 is 2.52 bits per heavy atom. The summed E-state index contributed by atoms with van der Waals surface area (Å²) in [5.41, 5.74) is 1.94. The molecule has 3 saturated carbocycles. The van der Waals surface area contributed by atoms with Gasteiger partial charge in [0.1, 0.15) is 5.94 Å². The largest absolute Gasteiger partial charge is 0.390 e. The highest BCUT2D eigenvalue weighted by Gasteiger charge is 2.59. The van der Waals surface area contributed by atoms with Crippen LogP contribution >= 0.6 is 0 Å². The monoisotopic (exact) mass is 454 g/mol. The predicted molar refractivity (Wildman–Crippen MR) is 137 cm³/mol. The van der Waals surface area contributed by atoms with Gasteiger partial charge in [-0.05, 0) is 123 Å². The molecular formula is C31H50O2. The van der Waals surface area contributed by atoms with Gasteiger partial charge in [-0.3, -0.25) is 0 Å². The zero-order valence-corrected chi connectivity index (χ0v) is 22.3. The van der Waals surface area contributed by atoms with Gasteiger partial charge < -0.3 is 5.11 Å². The molecule has 4 aliphatic rings. The van der Waals surface area contributed by atoms with Crippen molar-refractivity contribution in [2.24, 2.45) is 52.3 Å². The zero-order valence-electron chi connectivity index (χ0n) is 22.3. The summed E-state index contributed by atoms with van der Waals surface area (Å²) in [5, 5.41) is 11.0. The first-order chi connectivity index (χ1) is 15.6. The van der Waals surface area contributed by atoms with E-state index in [1.807, 2.05) is 0 Å². The molecule has 33 heavy (non-hydrogen) atoms. The molecule has 1 N–H and O–H groups in total. The second-order valence-electron chi connectivity index (χ2n) is 13.5.